The molecule has 2 nitrogen and oxygen atoms in total. The van der Waals surface area contributed by atoms with E-state index in [1.54, 1.807) is 0 Å². The van der Waals surface area contributed by atoms with Crippen molar-refractivity contribution >= 4 is 19.7 Å². The van der Waals surface area contributed by atoms with Crippen molar-refractivity contribution < 1.29 is 12.8 Å². The maximum Gasteiger partial charge on any atom is 0.235 e. The second-order valence-electron chi connectivity index (χ2n) is 4.07. The van der Waals surface area contributed by atoms with Crippen molar-refractivity contribution in [3.8, 4) is 0 Å². The van der Waals surface area contributed by atoms with Gasteiger partial charge in [0, 0.05) is 10.7 Å². The van der Waals surface area contributed by atoms with Crippen molar-refractivity contribution in [1.29, 1.82) is 0 Å². The highest BCUT2D eigenvalue weighted by atomic mass is 35.7. The fourth-order valence-corrected chi connectivity index (χ4v) is 1.90. The molecule has 0 radical (unpaired) electrons. The summed E-state index contributed by atoms with van der Waals surface area (Å²) in [5.74, 6) is -0.591. The first-order valence-electron chi connectivity index (χ1n) is 3.66. The summed E-state index contributed by atoms with van der Waals surface area (Å²) in [6.07, 6.45) is -1.16. The molecule has 0 fully saturated rings. The van der Waals surface area contributed by atoms with Gasteiger partial charge in [-0.05, 0) is 11.8 Å². The summed E-state index contributed by atoms with van der Waals surface area (Å²) in [5, 5.41) is 0. The molecular formula is C7H14ClFO2S. The van der Waals surface area contributed by atoms with Crippen LogP contribution in [-0.4, -0.2) is 20.3 Å². The van der Waals surface area contributed by atoms with Crippen LogP contribution in [0.2, 0.25) is 0 Å². The van der Waals surface area contributed by atoms with E-state index in [1.807, 2.05) is 20.8 Å². The van der Waals surface area contributed by atoms with Crippen molar-refractivity contribution in [1.82, 2.24) is 0 Å². The van der Waals surface area contributed by atoms with Gasteiger partial charge in [0.15, 0.2) is 0 Å². The highest BCUT2D eigenvalue weighted by Crippen LogP contribution is 2.23. The van der Waals surface area contributed by atoms with E-state index >= 15 is 0 Å². The predicted octanol–water partition coefficient (Wildman–Crippen LogP) is 2.33. The molecule has 0 amide bonds. The van der Waals surface area contributed by atoms with Crippen LogP contribution in [-0.2, 0) is 9.05 Å². The standard InChI is InChI=1S/C7H14ClFO2S/c1-7(2,3)4-6(9)5-12(8,10)11/h6H,4-5H2,1-3H3. The largest absolute Gasteiger partial charge is 0.246 e. The molecule has 74 valence electrons. The Morgan fingerprint density at radius 1 is 1.42 bits per heavy atom. The molecule has 0 aliphatic carbocycles. The minimum absolute atomic E-state index is 0.207. The SMILES string of the molecule is CC(C)(C)CC(F)CS(=O)(=O)Cl. The van der Waals surface area contributed by atoms with E-state index in [1.165, 1.54) is 0 Å². The van der Waals surface area contributed by atoms with Crippen molar-refractivity contribution in [3.05, 3.63) is 0 Å². The van der Waals surface area contributed by atoms with Crippen molar-refractivity contribution in [2.24, 2.45) is 5.41 Å². The molecule has 12 heavy (non-hydrogen) atoms. The van der Waals surface area contributed by atoms with E-state index in [0.29, 0.717) is 0 Å². The maximum absolute atomic E-state index is 12.9. The molecule has 0 aromatic heterocycles. The van der Waals surface area contributed by atoms with Crippen LogP contribution in [0.3, 0.4) is 0 Å². The molecule has 0 heterocycles. The van der Waals surface area contributed by atoms with Crippen molar-refractivity contribution in [3.63, 3.8) is 0 Å². The predicted molar refractivity (Wildman–Crippen MR) is 48.6 cm³/mol. The zero-order chi connectivity index (χ0) is 9.99. The van der Waals surface area contributed by atoms with Gasteiger partial charge >= 0.3 is 0 Å². The van der Waals surface area contributed by atoms with E-state index in [2.05, 4.69) is 0 Å². The zero-order valence-corrected chi connectivity index (χ0v) is 9.04. The summed E-state index contributed by atoms with van der Waals surface area (Å²) in [7, 11) is 1.19. The summed E-state index contributed by atoms with van der Waals surface area (Å²) >= 11 is 0. The van der Waals surface area contributed by atoms with Crippen LogP contribution in [0.15, 0.2) is 0 Å². The van der Waals surface area contributed by atoms with Gasteiger partial charge in [0.25, 0.3) is 0 Å². The normalized spacial score (nSPS) is 16.1. The smallest absolute Gasteiger partial charge is 0.235 e. The minimum Gasteiger partial charge on any atom is -0.246 e. The van der Waals surface area contributed by atoms with Crippen molar-refractivity contribution in [2.75, 3.05) is 5.75 Å². The highest BCUT2D eigenvalue weighted by molar-refractivity contribution is 8.13. The highest BCUT2D eigenvalue weighted by Gasteiger charge is 2.22. The number of alkyl halides is 1. The van der Waals surface area contributed by atoms with Crippen LogP contribution in [0.5, 0.6) is 0 Å². The molecule has 0 aliphatic rings. The lowest BCUT2D eigenvalue weighted by Crippen LogP contribution is -2.20. The van der Waals surface area contributed by atoms with E-state index in [0.717, 1.165) is 0 Å². The van der Waals surface area contributed by atoms with Gasteiger partial charge in [0.05, 0.1) is 5.75 Å². The first-order valence-corrected chi connectivity index (χ1v) is 6.14. The van der Waals surface area contributed by atoms with Crippen LogP contribution in [0.1, 0.15) is 27.2 Å². The van der Waals surface area contributed by atoms with E-state index in [-0.39, 0.29) is 11.8 Å². The Kier molecular flexibility index (Phi) is 3.97. The average Bonchev–Trinajstić information content (AvgIpc) is 1.49. The summed E-state index contributed by atoms with van der Waals surface area (Å²) in [5.41, 5.74) is -0.207. The molecule has 0 N–H and O–H groups in total. The van der Waals surface area contributed by atoms with Gasteiger partial charge in [-0.25, -0.2) is 12.8 Å². The molecular weight excluding hydrogens is 203 g/mol. The van der Waals surface area contributed by atoms with Gasteiger partial charge in [-0.1, -0.05) is 20.8 Å². The molecule has 0 aromatic carbocycles. The number of hydrogen-bond donors (Lipinski definition) is 0. The lowest BCUT2D eigenvalue weighted by atomic mass is 9.90. The average molecular weight is 217 g/mol. The third-order valence-electron chi connectivity index (χ3n) is 1.21. The first kappa shape index (κ1) is 12.2. The minimum atomic E-state index is -3.70. The van der Waals surface area contributed by atoms with Crippen LogP contribution >= 0.6 is 10.7 Å². The maximum atomic E-state index is 12.9. The summed E-state index contributed by atoms with van der Waals surface area (Å²) in [4.78, 5) is 0. The number of halogens is 2. The monoisotopic (exact) mass is 216 g/mol. The molecule has 0 aromatic rings. The summed E-state index contributed by atoms with van der Waals surface area (Å²) in [6, 6.07) is 0. The molecule has 0 saturated heterocycles. The van der Waals surface area contributed by atoms with Gasteiger partial charge in [-0.2, -0.15) is 0 Å². The molecule has 0 bridgehead atoms. The Morgan fingerprint density at radius 2 is 1.83 bits per heavy atom. The quantitative estimate of drug-likeness (QED) is 0.679. The Balaban J connectivity index is 4.00. The lowest BCUT2D eigenvalue weighted by Gasteiger charge is -2.19. The van der Waals surface area contributed by atoms with Crippen LogP contribution in [0.4, 0.5) is 4.39 Å². The van der Waals surface area contributed by atoms with Gasteiger partial charge in [0.2, 0.25) is 9.05 Å². The second kappa shape index (κ2) is 3.92. The second-order valence-corrected chi connectivity index (χ2v) is 6.89. The Morgan fingerprint density at radius 3 is 2.08 bits per heavy atom. The molecule has 0 saturated carbocycles. The van der Waals surface area contributed by atoms with Gasteiger partial charge < -0.3 is 0 Å². The topological polar surface area (TPSA) is 34.1 Å². The number of hydrogen-bond acceptors (Lipinski definition) is 2. The molecule has 1 unspecified atom stereocenters. The van der Waals surface area contributed by atoms with Crippen LogP contribution in [0, 0.1) is 5.41 Å². The zero-order valence-electron chi connectivity index (χ0n) is 7.47. The summed E-state index contributed by atoms with van der Waals surface area (Å²) < 4.78 is 33.8. The van der Waals surface area contributed by atoms with E-state index in [9.17, 15) is 12.8 Å². The molecule has 5 heteroatoms. The van der Waals surface area contributed by atoms with Crippen LogP contribution < -0.4 is 0 Å². The Labute approximate surface area is 77.5 Å². The van der Waals surface area contributed by atoms with Gasteiger partial charge in [-0.3, -0.25) is 0 Å². The Bertz CT molecular complexity index is 230. The molecule has 0 rings (SSSR count). The van der Waals surface area contributed by atoms with E-state index < -0.39 is 21.0 Å². The van der Waals surface area contributed by atoms with Crippen molar-refractivity contribution in [2.45, 2.75) is 33.4 Å². The molecule has 0 spiro atoms. The summed E-state index contributed by atoms with van der Waals surface area (Å²) in [6.45, 7) is 5.54. The van der Waals surface area contributed by atoms with Gasteiger partial charge in [0.1, 0.15) is 6.17 Å². The first-order chi connectivity index (χ1) is 5.10. The lowest BCUT2D eigenvalue weighted by molar-refractivity contribution is 0.243. The molecule has 0 aliphatic heterocycles. The molecule has 1 atom stereocenters. The number of rotatable bonds is 3. The fourth-order valence-electron chi connectivity index (χ4n) is 0.939. The van der Waals surface area contributed by atoms with E-state index in [4.69, 9.17) is 10.7 Å². The fraction of sp³-hybridized carbons (Fsp3) is 1.00. The third kappa shape index (κ3) is 8.27. The van der Waals surface area contributed by atoms with Gasteiger partial charge in [-0.15, -0.1) is 0 Å². The Hall–Kier alpha value is 0.170. The third-order valence-corrected chi connectivity index (χ3v) is 2.35. The van der Waals surface area contributed by atoms with Crippen LogP contribution in [0.25, 0.3) is 0 Å².